The van der Waals surface area contributed by atoms with E-state index in [9.17, 15) is 0 Å². The minimum absolute atomic E-state index is 0. The molecule has 20 valence electrons. The summed E-state index contributed by atoms with van der Waals surface area (Å²) in [5.74, 6) is 0. The first-order chi connectivity index (χ1) is 1.41. The molecular weight excluding hydrogens is 124 g/mol. The monoisotopic (exact) mass is 123 g/mol. The Balaban J connectivity index is 0. The van der Waals surface area contributed by atoms with Gasteiger partial charge in [0, 0.05) is 16.5 Å². The molecule has 0 aliphatic carbocycles. The molecule has 0 rings (SSSR count). The van der Waals surface area contributed by atoms with Crippen molar-refractivity contribution in [2.75, 3.05) is 0 Å². The van der Waals surface area contributed by atoms with Crippen LogP contribution in [-0.2, 0) is 16.5 Å². The van der Waals surface area contributed by atoms with Crippen molar-refractivity contribution in [2.45, 2.75) is 0 Å². The summed E-state index contributed by atoms with van der Waals surface area (Å²) in [5.41, 5.74) is 0. The van der Waals surface area contributed by atoms with Crippen LogP contribution in [0.15, 0.2) is 0 Å². The Morgan fingerprint density at radius 1 is 1.75 bits per heavy atom. The van der Waals surface area contributed by atoms with E-state index in [0.717, 1.165) is 0 Å². The van der Waals surface area contributed by atoms with E-state index in [-0.39, 0.29) is 16.5 Å². The molecular formula is CKNNi. The van der Waals surface area contributed by atoms with Crippen molar-refractivity contribution in [2.24, 2.45) is 0 Å². The van der Waals surface area contributed by atoms with Crippen LogP contribution < -0.4 is 0 Å². The van der Waals surface area contributed by atoms with Crippen LogP contribution in [0.3, 0.4) is 0 Å². The molecule has 0 saturated carbocycles. The van der Waals surface area contributed by atoms with Gasteiger partial charge >= 0.3 is 54.4 Å². The van der Waals surface area contributed by atoms with Crippen LogP contribution >= 0.6 is 0 Å². The number of nitrogens with zero attached hydrogens (tertiary/aromatic N) is 1. The van der Waals surface area contributed by atoms with Gasteiger partial charge in [0.15, 0.2) is 0 Å². The minimum Gasteiger partial charge on any atom is 0 e. The molecule has 0 N–H and O–H groups in total. The Bertz CT molecular complexity index is 29.5. The number of hydrogen-bond donors (Lipinski definition) is 0. The van der Waals surface area contributed by atoms with Gasteiger partial charge in [0.1, 0.15) is 0 Å². The molecule has 0 amide bonds. The summed E-state index contributed by atoms with van der Waals surface area (Å²) in [6.45, 7) is 0. The van der Waals surface area contributed by atoms with Crippen LogP contribution in [0.25, 0.3) is 0 Å². The van der Waals surface area contributed by atoms with E-state index in [1.165, 1.54) is 0 Å². The molecule has 0 aromatic heterocycles. The van der Waals surface area contributed by atoms with E-state index in [4.69, 9.17) is 5.26 Å². The second kappa shape index (κ2) is 8.82. The summed E-state index contributed by atoms with van der Waals surface area (Å²) in [4.78, 5) is 0. The second-order valence-corrected chi connectivity index (χ2v) is 0.922. The molecule has 0 aromatic rings. The molecule has 0 aliphatic heterocycles. The maximum absolute atomic E-state index is 7.40. The summed E-state index contributed by atoms with van der Waals surface area (Å²) >= 11 is 0.410. The third-order valence-corrected chi connectivity index (χ3v) is 0. The summed E-state index contributed by atoms with van der Waals surface area (Å²) < 4.78 is 1.94. The Kier molecular flexibility index (Phi) is 20.2. The topological polar surface area (TPSA) is 23.8 Å². The molecule has 0 radical (unpaired) electrons. The fraction of sp³-hybridized carbons (Fsp3) is 0. The Morgan fingerprint density at radius 3 is 1.75 bits per heavy atom. The van der Waals surface area contributed by atoms with E-state index in [1.807, 2.05) is 0.164 Å². The molecule has 0 heterocycles. The van der Waals surface area contributed by atoms with Gasteiger partial charge in [0.05, 0.1) is 0 Å². The molecule has 0 spiro atoms. The first kappa shape index (κ1) is 9.15. The Labute approximate surface area is 69.3 Å². The van der Waals surface area contributed by atoms with Gasteiger partial charge in [-0.1, -0.05) is 0 Å². The van der Waals surface area contributed by atoms with E-state index in [1.54, 1.807) is 0 Å². The van der Waals surface area contributed by atoms with Crippen LogP contribution in [-0.4, -0.2) is 49.0 Å². The van der Waals surface area contributed by atoms with Crippen LogP contribution in [0.5, 0.6) is 0 Å². The maximum atomic E-state index is 7.40. The molecule has 1 nitrogen and oxygen atoms in total. The van der Waals surface area contributed by atoms with Crippen LogP contribution in [0.1, 0.15) is 0 Å². The second-order valence-electron chi connectivity index (χ2n) is 0.224. The van der Waals surface area contributed by atoms with Crippen molar-refractivity contribution >= 4 is 49.0 Å². The van der Waals surface area contributed by atoms with E-state index >= 15 is 0 Å². The van der Waals surface area contributed by atoms with Gasteiger partial charge in [0.25, 0.3) is 0 Å². The molecule has 0 bridgehead atoms. The average molecular weight is 124 g/mol. The normalized spacial score (nSPS) is 2.25. The first-order valence-corrected chi connectivity index (χ1v) is 2.29. The maximum Gasteiger partial charge on any atom is 0 e. The fourth-order valence-electron chi connectivity index (χ4n) is 0. The van der Waals surface area contributed by atoms with Gasteiger partial charge in [-0.25, -0.2) is 0 Å². The predicted molar refractivity (Wildman–Crippen MR) is 11.4 cm³/mol. The van der Waals surface area contributed by atoms with E-state index in [2.05, 4.69) is 0 Å². The zero-order chi connectivity index (χ0) is 2.71. The Hall–Kier alpha value is 1.62. The Morgan fingerprint density at radius 2 is 1.75 bits per heavy atom. The third kappa shape index (κ3) is 9.47. The smallest absolute Gasteiger partial charge is 0 e. The van der Waals surface area contributed by atoms with Crippen LogP contribution in [0.2, 0.25) is 0 Å². The first-order valence-electron chi connectivity index (χ1n) is 0.724. The van der Waals surface area contributed by atoms with Gasteiger partial charge < -0.3 is 0 Å². The zero-order valence-electron chi connectivity index (χ0n) is 2.26. The van der Waals surface area contributed by atoms with Crippen molar-refractivity contribution in [3.63, 3.8) is 0 Å². The molecule has 0 aromatic carbocycles. The largest absolute Gasteiger partial charge is 0 e. The summed E-state index contributed by atoms with van der Waals surface area (Å²) in [5, 5.41) is 7.40. The van der Waals surface area contributed by atoms with Gasteiger partial charge in [0.2, 0.25) is 0 Å². The van der Waals surface area contributed by atoms with Crippen molar-refractivity contribution in [3.05, 3.63) is 0 Å². The van der Waals surface area contributed by atoms with Crippen LogP contribution in [0, 0.1) is 5.43 Å². The van der Waals surface area contributed by atoms with Crippen molar-refractivity contribution in [1.29, 1.82) is 5.26 Å². The van der Waals surface area contributed by atoms with Gasteiger partial charge in [-0.05, 0) is 0 Å². The average Bonchev–Trinajstić information content (AvgIpc) is 0.918. The summed E-state index contributed by atoms with van der Waals surface area (Å²) in [7, 11) is 0. The quantitative estimate of drug-likeness (QED) is 0.404. The number of hydrogen-bond acceptors (Lipinski definition) is 1. The third-order valence-electron chi connectivity index (χ3n) is 0. The fourth-order valence-corrected chi connectivity index (χ4v) is 0. The molecule has 0 unspecified atom stereocenters. The molecule has 4 heavy (non-hydrogen) atoms. The van der Waals surface area contributed by atoms with Crippen molar-refractivity contribution in [3.8, 4) is 0.164 Å². The molecule has 0 saturated heterocycles. The molecule has 0 atom stereocenters. The zero-order valence-corrected chi connectivity index (χ0v) is 6.37. The number of rotatable bonds is 0. The van der Waals surface area contributed by atoms with Crippen LogP contribution in [0.4, 0.5) is 0 Å². The van der Waals surface area contributed by atoms with Gasteiger partial charge in [-0.3, -0.25) is 0 Å². The van der Waals surface area contributed by atoms with E-state index in [0.29, 0.717) is 49.0 Å². The molecule has 3 heteroatoms. The molecule has 0 aliphatic rings. The standard InChI is InChI=1S/CN.K.Ni/c1-2;;. The SMILES string of the molecule is N#[C][K].[Ni]. The minimum atomic E-state index is 0. The summed E-state index contributed by atoms with van der Waals surface area (Å²) in [6, 6.07) is 0. The van der Waals surface area contributed by atoms with E-state index < -0.39 is 0 Å². The molecule has 0 fully saturated rings. The predicted octanol–water partition coefficient (Wildman–Crippen LogP) is -0.367. The van der Waals surface area contributed by atoms with Crippen molar-refractivity contribution in [1.82, 2.24) is 0 Å². The van der Waals surface area contributed by atoms with Gasteiger partial charge in [-0.15, -0.1) is 0 Å². The summed E-state index contributed by atoms with van der Waals surface area (Å²) in [6.07, 6.45) is 0. The number of nitriles is 1. The van der Waals surface area contributed by atoms with Crippen molar-refractivity contribution < 1.29 is 16.5 Å². The van der Waals surface area contributed by atoms with Gasteiger partial charge in [-0.2, -0.15) is 0 Å².